The van der Waals surface area contributed by atoms with E-state index in [4.69, 9.17) is 4.74 Å². The quantitative estimate of drug-likeness (QED) is 0.343. The molecule has 0 radical (unpaired) electrons. The fraction of sp³-hybridized carbons (Fsp3) is 0.472. The molecule has 2 aromatic rings. The maximum absolute atomic E-state index is 13.2. The minimum Gasteiger partial charge on any atom is -0.373 e. The van der Waals surface area contributed by atoms with Crippen molar-refractivity contribution in [3.05, 3.63) is 95.6 Å². The van der Waals surface area contributed by atoms with E-state index in [1.165, 1.54) is 18.4 Å². The highest BCUT2D eigenvalue weighted by molar-refractivity contribution is 5.95. The lowest BCUT2D eigenvalue weighted by Crippen LogP contribution is -2.31. The van der Waals surface area contributed by atoms with Gasteiger partial charge in [0.15, 0.2) is 0 Å². The maximum Gasteiger partial charge on any atom is 0.251 e. The average molecular weight is 545 g/mol. The molecule has 4 heteroatoms. The SMILES string of the molecule is C=Cc1cccc(CNC(=O)c2ccc(C(C)C(C)CC)c(N3CC/C=C\C=C/C(C)OCC3)c2)c1.CCCC. The van der Waals surface area contributed by atoms with Crippen molar-refractivity contribution < 1.29 is 9.53 Å². The lowest BCUT2D eigenvalue weighted by atomic mass is 9.85. The van der Waals surface area contributed by atoms with Crippen LogP contribution in [0, 0.1) is 5.92 Å². The van der Waals surface area contributed by atoms with E-state index in [9.17, 15) is 4.79 Å². The van der Waals surface area contributed by atoms with Crippen molar-refractivity contribution in [2.24, 2.45) is 5.92 Å². The molecule has 0 aromatic heterocycles. The van der Waals surface area contributed by atoms with E-state index >= 15 is 0 Å². The number of anilines is 1. The lowest BCUT2D eigenvalue weighted by Gasteiger charge is -2.31. The van der Waals surface area contributed by atoms with E-state index in [-0.39, 0.29) is 12.0 Å². The monoisotopic (exact) mass is 544 g/mol. The molecule has 1 N–H and O–H groups in total. The second-order valence-electron chi connectivity index (χ2n) is 10.7. The van der Waals surface area contributed by atoms with Crippen LogP contribution in [0.5, 0.6) is 0 Å². The molecular formula is C36H52N2O2. The van der Waals surface area contributed by atoms with Gasteiger partial charge in [-0.2, -0.15) is 0 Å². The van der Waals surface area contributed by atoms with E-state index in [1.807, 2.05) is 36.4 Å². The molecule has 3 atom stereocenters. The van der Waals surface area contributed by atoms with E-state index in [0.29, 0.717) is 30.6 Å². The second kappa shape index (κ2) is 18.3. The van der Waals surface area contributed by atoms with Gasteiger partial charge in [-0.15, -0.1) is 0 Å². The molecular weight excluding hydrogens is 492 g/mol. The molecule has 0 saturated carbocycles. The van der Waals surface area contributed by atoms with Gasteiger partial charge in [0, 0.05) is 30.9 Å². The van der Waals surface area contributed by atoms with Gasteiger partial charge in [-0.25, -0.2) is 0 Å². The molecule has 40 heavy (non-hydrogen) atoms. The fourth-order valence-corrected chi connectivity index (χ4v) is 4.50. The zero-order valence-corrected chi connectivity index (χ0v) is 25.8. The van der Waals surface area contributed by atoms with E-state index in [2.05, 4.69) is 94.8 Å². The number of carbonyl (C=O) groups excluding carboxylic acids is 1. The number of benzene rings is 2. The first-order valence-electron chi connectivity index (χ1n) is 15.2. The summed E-state index contributed by atoms with van der Waals surface area (Å²) in [4.78, 5) is 15.6. The molecule has 3 unspecified atom stereocenters. The van der Waals surface area contributed by atoms with E-state index < -0.39 is 0 Å². The number of ether oxygens (including phenoxy) is 1. The zero-order valence-electron chi connectivity index (χ0n) is 25.8. The number of unbranched alkanes of at least 4 members (excludes halogenated alkanes) is 1. The normalized spacial score (nSPS) is 18.8. The molecule has 0 saturated heterocycles. The first-order chi connectivity index (χ1) is 19.3. The van der Waals surface area contributed by atoms with Gasteiger partial charge in [-0.1, -0.05) is 115 Å². The third-order valence-corrected chi connectivity index (χ3v) is 7.70. The molecule has 3 rings (SSSR count). The number of amides is 1. The highest BCUT2D eigenvalue weighted by atomic mass is 16.5. The summed E-state index contributed by atoms with van der Waals surface area (Å²) in [6, 6.07) is 14.3. The van der Waals surface area contributed by atoms with E-state index in [0.717, 1.165) is 42.7 Å². The smallest absolute Gasteiger partial charge is 0.251 e. The van der Waals surface area contributed by atoms with Crippen molar-refractivity contribution in [3.63, 3.8) is 0 Å². The Kier molecular flexibility index (Phi) is 15.1. The van der Waals surface area contributed by atoms with Crippen molar-refractivity contribution in [2.75, 3.05) is 24.6 Å². The number of allylic oxidation sites excluding steroid dienone is 2. The Labute approximate surface area is 244 Å². The lowest BCUT2D eigenvalue weighted by molar-refractivity contribution is 0.0951. The van der Waals surface area contributed by atoms with Crippen molar-refractivity contribution in [2.45, 2.75) is 85.8 Å². The summed E-state index contributed by atoms with van der Waals surface area (Å²) in [5.41, 5.74) is 5.23. The van der Waals surface area contributed by atoms with Crippen LogP contribution in [0.4, 0.5) is 5.69 Å². The van der Waals surface area contributed by atoms with Gasteiger partial charge in [-0.05, 0) is 60.1 Å². The second-order valence-corrected chi connectivity index (χ2v) is 10.7. The van der Waals surface area contributed by atoms with Crippen LogP contribution in [0.1, 0.15) is 100 Å². The fourth-order valence-electron chi connectivity index (χ4n) is 4.50. The third kappa shape index (κ3) is 10.8. The number of rotatable bonds is 9. The Morgan fingerprint density at radius 2 is 1.88 bits per heavy atom. The predicted molar refractivity (Wildman–Crippen MR) is 173 cm³/mol. The molecule has 218 valence electrons. The molecule has 1 aliphatic rings. The molecule has 1 aliphatic heterocycles. The number of carbonyl (C=O) groups is 1. The summed E-state index contributed by atoms with van der Waals surface area (Å²) >= 11 is 0. The Hall–Kier alpha value is -3.11. The van der Waals surface area contributed by atoms with Crippen LogP contribution >= 0.6 is 0 Å². The summed E-state index contributed by atoms with van der Waals surface area (Å²) in [5, 5.41) is 3.10. The van der Waals surface area contributed by atoms with Crippen molar-refractivity contribution >= 4 is 17.7 Å². The molecule has 1 amide bonds. The summed E-state index contributed by atoms with van der Waals surface area (Å²) in [6.45, 7) is 19.9. The molecule has 4 nitrogen and oxygen atoms in total. The van der Waals surface area contributed by atoms with Gasteiger partial charge >= 0.3 is 0 Å². The summed E-state index contributed by atoms with van der Waals surface area (Å²) in [7, 11) is 0. The van der Waals surface area contributed by atoms with Crippen LogP contribution < -0.4 is 10.2 Å². The van der Waals surface area contributed by atoms with Crippen molar-refractivity contribution in [1.82, 2.24) is 5.32 Å². The molecule has 0 bridgehead atoms. The first kappa shape index (κ1) is 33.1. The van der Waals surface area contributed by atoms with Gasteiger partial charge in [0.05, 0.1) is 12.7 Å². The zero-order chi connectivity index (χ0) is 29.3. The van der Waals surface area contributed by atoms with Crippen LogP contribution in [0.25, 0.3) is 6.08 Å². The van der Waals surface area contributed by atoms with Crippen molar-refractivity contribution in [1.29, 1.82) is 0 Å². The van der Waals surface area contributed by atoms with Crippen molar-refractivity contribution in [3.8, 4) is 0 Å². The van der Waals surface area contributed by atoms with Crippen LogP contribution in [-0.4, -0.2) is 31.7 Å². The van der Waals surface area contributed by atoms with Gasteiger partial charge in [0.25, 0.3) is 5.91 Å². The van der Waals surface area contributed by atoms with Gasteiger partial charge in [-0.3, -0.25) is 4.79 Å². The first-order valence-corrected chi connectivity index (χ1v) is 15.2. The molecule has 2 aromatic carbocycles. The Morgan fingerprint density at radius 3 is 2.58 bits per heavy atom. The molecule has 0 aliphatic carbocycles. The predicted octanol–water partition coefficient (Wildman–Crippen LogP) is 8.94. The van der Waals surface area contributed by atoms with Gasteiger partial charge in [0.2, 0.25) is 0 Å². The van der Waals surface area contributed by atoms with Gasteiger partial charge < -0.3 is 15.0 Å². The Bertz CT molecular complexity index is 1100. The van der Waals surface area contributed by atoms with Crippen LogP contribution in [0.15, 0.2) is 73.3 Å². The molecule has 0 fully saturated rings. The minimum absolute atomic E-state index is 0.0603. The Morgan fingerprint density at radius 1 is 1.10 bits per heavy atom. The minimum atomic E-state index is -0.0603. The number of hydrogen-bond acceptors (Lipinski definition) is 3. The maximum atomic E-state index is 13.2. The number of nitrogens with one attached hydrogen (secondary N) is 1. The highest BCUT2D eigenvalue weighted by Gasteiger charge is 2.21. The summed E-state index contributed by atoms with van der Waals surface area (Å²) < 4.78 is 6.03. The molecule has 0 spiro atoms. The Balaban J connectivity index is 0.00000131. The van der Waals surface area contributed by atoms with Crippen LogP contribution in [0.2, 0.25) is 0 Å². The standard InChI is InChI=1S/C32H42N2O2.C4H10/c1-6-24(3)26(5)30-17-16-29(32(35)33-23-28-15-12-14-27(7-2)21-28)22-31(30)34-18-11-9-8-10-13-25(4)36-20-19-34;1-3-4-2/h7-10,12-17,21-22,24-26H,2,6,11,18-20,23H2,1,3-5H3,(H,33,35);3-4H2,1-2H3/b9-8-,13-10-;. The molecule has 1 heterocycles. The van der Waals surface area contributed by atoms with Crippen LogP contribution in [0.3, 0.4) is 0 Å². The largest absolute Gasteiger partial charge is 0.373 e. The topological polar surface area (TPSA) is 41.6 Å². The number of nitrogens with zero attached hydrogens (tertiary/aromatic N) is 1. The average Bonchev–Trinajstić information content (AvgIpc) is 3.04. The van der Waals surface area contributed by atoms with E-state index in [1.54, 1.807) is 0 Å². The van der Waals surface area contributed by atoms with Gasteiger partial charge in [0.1, 0.15) is 0 Å². The highest BCUT2D eigenvalue weighted by Crippen LogP contribution is 2.35. The summed E-state index contributed by atoms with van der Waals surface area (Å²) in [6.07, 6.45) is 15.0. The number of hydrogen-bond donors (Lipinski definition) is 1. The summed E-state index contributed by atoms with van der Waals surface area (Å²) in [5.74, 6) is 0.874. The third-order valence-electron chi connectivity index (χ3n) is 7.70. The van der Waals surface area contributed by atoms with Crippen LogP contribution in [-0.2, 0) is 11.3 Å².